The molecule has 0 aromatic heterocycles. The van der Waals surface area contributed by atoms with Crippen LogP contribution in [0.4, 0.5) is 11.4 Å². The van der Waals surface area contributed by atoms with Crippen LogP contribution >= 0.6 is 11.6 Å². The Balaban J connectivity index is 1.67. The molecule has 12 nitrogen and oxygen atoms in total. The Kier molecular flexibility index (Phi) is 8.18. The fourth-order valence-electron chi connectivity index (χ4n) is 4.31. The van der Waals surface area contributed by atoms with Crippen LogP contribution in [0.5, 0.6) is 5.75 Å². The maximum Gasteiger partial charge on any atom is 0.288 e. The van der Waals surface area contributed by atoms with Crippen LogP contribution in [-0.2, 0) is 26.0 Å². The number of hydrogen-bond acceptors (Lipinski definition) is 8. The fourth-order valence-corrected chi connectivity index (χ4v) is 5.01. The molecule has 0 saturated carbocycles. The Hall–Kier alpha value is -4.33. The Morgan fingerprint density at radius 1 is 1.12 bits per heavy atom. The van der Waals surface area contributed by atoms with E-state index in [1.807, 2.05) is 0 Å². The number of methoxy groups -OCH3 is 1. The van der Waals surface area contributed by atoms with Gasteiger partial charge in [0.25, 0.3) is 17.5 Å². The average Bonchev–Trinajstić information content (AvgIpc) is 3.21. The summed E-state index contributed by atoms with van der Waals surface area (Å²) in [6.45, 7) is -0.0654. The number of anilines is 1. The molecule has 1 atom stereocenters. The zero-order valence-electron chi connectivity index (χ0n) is 21.0. The van der Waals surface area contributed by atoms with E-state index in [0.29, 0.717) is 17.0 Å². The molecule has 3 amide bonds. The van der Waals surface area contributed by atoms with Crippen molar-refractivity contribution in [2.24, 2.45) is 5.14 Å². The molecule has 0 aliphatic carbocycles. The van der Waals surface area contributed by atoms with E-state index in [0.717, 1.165) is 11.0 Å². The van der Waals surface area contributed by atoms with Crippen LogP contribution in [0.25, 0.3) is 0 Å². The summed E-state index contributed by atoms with van der Waals surface area (Å²) < 4.78 is 28.3. The lowest BCUT2D eigenvalue weighted by Crippen LogP contribution is -2.46. The number of carbonyl (C=O) groups excluding carboxylic acids is 3. The number of amides is 3. The monoisotopic (exact) mass is 586 g/mol. The maximum absolute atomic E-state index is 13.7. The van der Waals surface area contributed by atoms with Crippen molar-refractivity contribution in [3.8, 4) is 5.75 Å². The second-order valence-corrected chi connectivity index (χ2v) is 10.8. The normalized spacial score (nSPS) is 15.3. The molecule has 1 unspecified atom stereocenters. The van der Waals surface area contributed by atoms with E-state index in [4.69, 9.17) is 21.5 Å². The molecule has 1 aliphatic rings. The zero-order valence-corrected chi connectivity index (χ0v) is 22.6. The van der Waals surface area contributed by atoms with Gasteiger partial charge >= 0.3 is 0 Å². The first-order valence-electron chi connectivity index (χ1n) is 11.8. The summed E-state index contributed by atoms with van der Waals surface area (Å²) in [7, 11) is -2.43. The van der Waals surface area contributed by atoms with E-state index in [1.54, 1.807) is 24.3 Å². The molecule has 3 aromatic carbocycles. The molecule has 2 N–H and O–H groups in total. The van der Waals surface area contributed by atoms with E-state index in [1.165, 1.54) is 48.4 Å². The van der Waals surface area contributed by atoms with Gasteiger partial charge in [-0.05, 0) is 60.5 Å². The third kappa shape index (κ3) is 5.96. The Labute approximate surface area is 234 Å². The van der Waals surface area contributed by atoms with Gasteiger partial charge in [0.1, 0.15) is 16.8 Å². The molecule has 1 saturated heterocycles. The van der Waals surface area contributed by atoms with Gasteiger partial charge in [-0.2, -0.15) is 0 Å². The molecular formula is C26H23ClN4O8S. The lowest BCUT2D eigenvalue weighted by atomic mass is 10.1. The predicted molar refractivity (Wildman–Crippen MR) is 145 cm³/mol. The molecule has 40 heavy (non-hydrogen) atoms. The molecular weight excluding hydrogens is 564 g/mol. The van der Waals surface area contributed by atoms with Crippen molar-refractivity contribution >= 4 is 50.7 Å². The van der Waals surface area contributed by atoms with Gasteiger partial charge < -0.3 is 9.64 Å². The van der Waals surface area contributed by atoms with Gasteiger partial charge in [-0.1, -0.05) is 23.7 Å². The summed E-state index contributed by atoms with van der Waals surface area (Å²) in [5, 5.41) is 16.4. The lowest BCUT2D eigenvalue weighted by molar-refractivity contribution is -0.384. The Morgan fingerprint density at radius 2 is 1.77 bits per heavy atom. The second kappa shape index (κ2) is 11.4. The lowest BCUT2D eigenvalue weighted by Gasteiger charge is -2.28. The van der Waals surface area contributed by atoms with Gasteiger partial charge in [0.05, 0.1) is 29.0 Å². The Morgan fingerprint density at radius 3 is 2.35 bits per heavy atom. The number of nitro benzene ring substituents is 1. The van der Waals surface area contributed by atoms with E-state index in [-0.39, 0.29) is 34.9 Å². The summed E-state index contributed by atoms with van der Waals surface area (Å²) in [6, 6.07) is 14.2. The molecule has 0 radical (unpaired) electrons. The largest absolute Gasteiger partial charge is 0.497 e. The maximum atomic E-state index is 13.7. The number of primary sulfonamides is 1. The van der Waals surface area contributed by atoms with Crippen molar-refractivity contribution in [3.05, 3.63) is 93.0 Å². The zero-order chi connectivity index (χ0) is 29.2. The minimum atomic E-state index is -3.90. The molecule has 14 heteroatoms. The summed E-state index contributed by atoms with van der Waals surface area (Å²) in [5.41, 5.74) is 0.339. The number of nitrogens with zero attached hydrogens (tertiary/aromatic N) is 3. The van der Waals surface area contributed by atoms with Crippen molar-refractivity contribution in [2.45, 2.75) is 23.8 Å². The van der Waals surface area contributed by atoms with E-state index < -0.39 is 44.4 Å². The highest BCUT2D eigenvalue weighted by molar-refractivity contribution is 7.89. The highest BCUT2D eigenvalue weighted by Gasteiger charge is 2.44. The SMILES string of the molecule is COc1ccc(N2C(=O)CC(N(CCc3ccc(S(N)(=O)=O)cc3)C(=O)c3ccc(Cl)c([N+](=O)[O-])c3)C2=O)cc1. The van der Waals surface area contributed by atoms with E-state index >= 15 is 0 Å². The van der Waals surface area contributed by atoms with Gasteiger partial charge in [-0.15, -0.1) is 0 Å². The number of sulfonamides is 1. The summed E-state index contributed by atoms with van der Waals surface area (Å²) >= 11 is 5.91. The molecule has 4 rings (SSSR count). The molecule has 1 heterocycles. The van der Waals surface area contributed by atoms with Crippen LogP contribution in [0.15, 0.2) is 71.6 Å². The number of rotatable bonds is 9. The number of carbonyl (C=O) groups is 3. The highest BCUT2D eigenvalue weighted by atomic mass is 35.5. The number of nitrogens with two attached hydrogens (primary N) is 1. The van der Waals surface area contributed by atoms with Crippen LogP contribution in [0.1, 0.15) is 22.3 Å². The second-order valence-electron chi connectivity index (χ2n) is 8.85. The Bertz CT molecular complexity index is 1590. The molecule has 208 valence electrons. The van der Waals surface area contributed by atoms with Gasteiger partial charge in [-0.3, -0.25) is 24.5 Å². The fraction of sp³-hybridized carbons (Fsp3) is 0.192. The third-order valence-electron chi connectivity index (χ3n) is 6.37. The van der Waals surface area contributed by atoms with Gasteiger partial charge in [-0.25, -0.2) is 18.5 Å². The number of hydrogen-bond donors (Lipinski definition) is 1. The van der Waals surface area contributed by atoms with Crippen molar-refractivity contribution in [2.75, 3.05) is 18.6 Å². The first kappa shape index (κ1) is 28.7. The van der Waals surface area contributed by atoms with Gasteiger partial charge in [0, 0.05) is 18.2 Å². The summed E-state index contributed by atoms with van der Waals surface area (Å²) in [6.07, 6.45) is -0.135. The van der Waals surface area contributed by atoms with E-state index in [2.05, 4.69) is 0 Å². The number of imide groups is 1. The van der Waals surface area contributed by atoms with Crippen LogP contribution < -0.4 is 14.8 Å². The molecule has 1 aliphatic heterocycles. The quantitative estimate of drug-likeness (QED) is 0.226. The van der Waals surface area contributed by atoms with Crippen molar-refractivity contribution in [3.63, 3.8) is 0 Å². The molecule has 0 spiro atoms. The number of nitro groups is 1. The molecule has 3 aromatic rings. The number of halogens is 1. The van der Waals surface area contributed by atoms with Crippen molar-refractivity contribution in [1.29, 1.82) is 0 Å². The average molecular weight is 587 g/mol. The molecule has 0 bridgehead atoms. The first-order chi connectivity index (χ1) is 18.9. The third-order valence-corrected chi connectivity index (χ3v) is 7.62. The number of ether oxygens (including phenoxy) is 1. The summed E-state index contributed by atoms with van der Waals surface area (Å²) in [4.78, 5) is 52.9. The minimum Gasteiger partial charge on any atom is -0.497 e. The highest BCUT2D eigenvalue weighted by Crippen LogP contribution is 2.30. The topological polar surface area (TPSA) is 170 Å². The minimum absolute atomic E-state index is 0.0654. The number of benzene rings is 3. The molecule has 1 fully saturated rings. The first-order valence-corrected chi connectivity index (χ1v) is 13.7. The van der Waals surface area contributed by atoms with Gasteiger partial charge in [0.2, 0.25) is 15.9 Å². The van der Waals surface area contributed by atoms with Crippen LogP contribution in [0.3, 0.4) is 0 Å². The van der Waals surface area contributed by atoms with Crippen LogP contribution in [-0.4, -0.2) is 55.7 Å². The van der Waals surface area contributed by atoms with E-state index in [9.17, 15) is 32.9 Å². The smallest absolute Gasteiger partial charge is 0.288 e. The predicted octanol–water partition coefficient (Wildman–Crippen LogP) is 2.92. The summed E-state index contributed by atoms with van der Waals surface area (Å²) in [5.74, 6) is -1.37. The standard InChI is InChI=1S/C26H23ClN4O8S/c1-39-19-7-5-18(6-8-19)30-24(32)15-23(26(30)34)29(13-12-16-2-9-20(10-3-16)40(28,37)38)25(33)17-4-11-21(27)22(14-17)31(35)36/h2-11,14,23H,12-13,15H2,1H3,(H2,28,37,38). The van der Waals surface area contributed by atoms with Crippen LogP contribution in [0.2, 0.25) is 5.02 Å². The van der Waals surface area contributed by atoms with Gasteiger partial charge in [0.15, 0.2) is 0 Å². The van der Waals surface area contributed by atoms with Crippen molar-refractivity contribution < 1.29 is 32.5 Å². The van der Waals surface area contributed by atoms with Crippen LogP contribution in [0, 0.1) is 10.1 Å². The van der Waals surface area contributed by atoms with Crippen molar-refractivity contribution in [1.82, 2.24) is 4.90 Å².